The van der Waals surface area contributed by atoms with Crippen molar-refractivity contribution >= 4 is 5.69 Å². The first kappa shape index (κ1) is 33.6. The van der Waals surface area contributed by atoms with Crippen LogP contribution in [0.3, 0.4) is 0 Å². The van der Waals surface area contributed by atoms with E-state index in [4.69, 9.17) is 26.3 Å². The third kappa shape index (κ3) is 6.43. The first-order chi connectivity index (χ1) is 26.8. The Labute approximate surface area is 319 Å². The zero-order valence-corrected chi connectivity index (χ0v) is 30.2. The average Bonchev–Trinajstić information content (AvgIpc) is 3.23. The maximum absolute atomic E-state index is 15.8. The van der Waals surface area contributed by atoms with Crippen molar-refractivity contribution in [3.8, 4) is 84.4 Å². The van der Waals surface area contributed by atoms with Crippen molar-refractivity contribution in [2.75, 3.05) is 0 Å². The molecule has 0 amide bonds. The molecule has 1 aliphatic heterocycles. The van der Waals surface area contributed by atoms with E-state index < -0.39 is 11.4 Å². The summed E-state index contributed by atoms with van der Waals surface area (Å²) in [6, 6.07) is 52.9. The standard InChI is InChI=1S/C49H33FN4O/c1-49(2)44-19-10-9-17-41(44)42-25-22-34(30-45(42)55-49)36-27-37(29-38(50)28-36)47-52-46(35-15-11-14-33(26-35)31-20-23-39(51-3)24-21-31)53-48(54-47)43-18-8-7-16-40(43)32-12-5-4-6-13-32/h4-30H,1-2H3. The van der Waals surface area contributed by atoms with E-state index in [-0.39, 0.29) is 0 Å². The van der Waals surface area contributed by atoms with Gasteiger partial charge in [0.25, 0.3) is 0 Å². The third-order valence-electron chi connectivity index (χ3n) is 10.0. The van der Waals surface area contributed by atoms with E-state index in [1.54, 1.807) is 0 Å². The summed E-state index contributed by atoms with van der Waals surface area (Å²) in [4.78, 5) is 18.6. The van der Waals surface area contributed by atoms with Crippen LogP contribution in [0.4, 0.5) is 10.1 Å². The van der Waals surface area contributed by atoms with Crippen LogP contribution in [0.1, 0.15) is 19.4 Å². The van der Waals surface area contributed by atoms with Crippen molar-refractivity contribution in [2.45, 2.75) is 19.4 Å². The van der Waals surface area contributed by atoms with Gasteiger partial charge in [-0.25, -0.2) is 24.2 Å². The van der Waals surface area contributed by atoms with Crippen LogP contribution < -0.4 is 4.74 Å². The highest BCUT2D eigenvalue weighted by Crippen LogP contribution is 2.46. The fourth-order valence-corrected chi connectivity index (χ4v) is 7.34. The lowest BCUT2D eigenvalue weighted by molar-refractivity contribution is 0.106. The minimum atomic E-state index is -0.526. The van der Waals surface area contributed by atoms with Crippen LogP contribution in [0.25, 0.3) is 83.5 Å². The molecule has 2 heterocycles. The Kier molecular flexibility index (Phi) is 8.33. The summed E-state index contributed by atoms with van der Waals surface area (Å²) in [5, 5.41) is 0. The van der Waals surface area contributed by atoms with Crippen LogP contribution in [0, 0.1) is 12.4 Å². The molecule has 0 spiro atoms. The van der Waals surface area contributed by atoms with Crippen LogP contribution in [0.15, 0.2) is 164 Å². The highest BCUT2D eigenvalue weighted by atomic mass is 19.1. The quantitative estimate of drug-likeness (QED) is 0.161. The van der Waals surface area contributed by atoms with Crippen molar-refractivity contribution in [2.24, 2.45) is 0 Å². The summed E-state index contributed by atoms with van der Waals surface area (Å²) in [5.41, 5.74) is 10.9. The molecule has 0 fully saturated rings. The Morgan fingerprint density at radius 1 is 0.473 bits per heavy atom. The Morgan fingerprint density at radius 3 is 1.84 bits per heavy atom. The average molecular weight is 713 g/mol. The molecule has 8 aromatic rings. The normalized spacial score (nSPS) is 12.5. The van der Waals surface area contributed by atoms with Gasteiger partial charge in [0.1, 0.15) is 17.2 Å². The van der Waals surface area contributed by atoms with Crippen LogP contribution in [-0.2, 0) is 5.60 Å². The fraction of sp³-hybridized carbons (Fsp3) is 0.0612. The van der Waals surface area contributed by atoms with Gasteiger partial charge >= 0.3 is 0 Å². The van der Waals surface area contributed by atoms with Crippen LogP contribution in [0.5, 0.6) is 5.75 Å². The lowest BCUT2D eigenvalue weighted by Gasteiger charge is -2.35. The van der Waals surface area contributed by atoms with Gasteiger partial charge in [-0.15, -0.1) is 0 Å². The fourth-order valence-electron chi connectivity index (χ4n) is 7.34. The Morgan fingerprint density at radius 2 is 1.05 bits per heavy atom. The van der Waals surface area contributed by atoms with Crippen molar-refractivity contribution in [1.82, 2.24) is 15.0 Å². The summed E-state index contributed by atoms with van der Waals surface area (Å²) < 4.78 is 22.3. The highest BCUT2D eigenvalue weighted by Gasteiger charge is 2.32. The number of aromatic nitrogens is 3. The van der Waals surface area contributed by atoms with Crippen molar-refractivity contribution in [1.29, 1.82) is 0 Å². The number of nitrogens with zero attached hydrogens (tertiary/aromatic N) is 4. The molecule has 0 aliphatic carbocycles. The molecule has 0 saturated carbocycles. The molecule has 262 valence electrons. The molecule has 6 heteroatoms. The van der Waals surface area contributed by atoms with Gasteiger partial charge in [0.15, 0.2) is 23.2 Å². The maximum atomic E-state index is 15.8. The minimum Gasteiger partial charge on any atom is -0.482 e. The van der Waals surface area contributed by atoms with Gasteiger partial charge < -0.3 is 4.74 Å². The van der Waals surface area contributed by atoms with Gasteiger partial charge in [0.05, 0.1) is 6.57 Å². The molecule has 5 nitrogen and oxygen atoms in total. The lowest BCUT2D eigenvalue weighted by Crippen LogP contribution is -2.29. The van der Waals surface area contributed by atoms with Gasteiger partial charge in [0.2, 0.25) is 0 Å². The van der Waals surface area contributed by atoms with Crippen molar-refractivity contribution in [3.63, 3.8) is 0 Å². The first-order valence-corrected chi connectivity index (χ1v) is 18.1. The molecule has 9 rings (SSSR count). The molecule has 0 atom stereocenters. The second kappa shape index (κ2) is 13.6. The number of halogens is 1. The number of hydrogen-bond acceptors (Lipinski definition) is 4. The van der Waals surface area contributed by atoms with E-state index >= 15 is 4.39 Å². The summed E-state index contributed by atoms with van der Waals surface area (Å²) in [6.45, 7) is 11.5. The molecule has 0 bridgehead atoms. The van der Waals surface area contributed by atoms with Crippen molar-refractivity contribution < 1.29 is 9.13 Å². The summed E-state index contributed by atoms with van der Waals surface area (Å²) in [5.74, 6) is 1.61. The Bertz CT molecular complexity index is 2790. The smallest absolute Gasteiger partial charge is 0.187 e. The number of ether oxygens (including phenoxy) is 1. The molecule has 1 aromatic heterocycles. The number of hydrogen-bond donors (Lipinski definition) is 0. The highest BCUT2D eigenvalue weighted by molar-refractivity contribution is 5.84. The second-order valence-corrected chi connectivity index (χ2v) is 14.1. The molecular formula is C49H33FN4O. The topological polar surface area (TPSA) is 52.3 Å². The van der Waals surface area contributed by atoms with Gasteiger partial charge in [-0.05, 0) is 83.1 Å². The van der Waals surface area contributed by atoms with Gasteiger partial charge in [-0.2, -0.15) is 0 Å². The van der Waals surface area contributed by atoms with E-state index in [0.717, 1.165) is 61.4 Å². The SMILES string of the molecule is [C-]#[N+]c1ccc(-c2cccc(-c3nc(-c4cc(F)cc(-c5ccc6c(c5)OC(C)(C)c5ccccc5-6)c4)nc(-c4ccccc4-c4ccccc4)n3)c2)cc1. The maximum Gasteiger partial charge on any atom is 0.187 e. The summed E-state index contributed by atoms with van der Waals surface area (Å²) in [7, 11) is 0. The zero-order chi connectivity index (χ0) is 37.5. The number of fused-ring (bicyclic) bond motifs is 3. The Balaban J connectivity index is 1.19. The summed E-state index contributed by atoms with van der Waals surface area (Å²) >= 11 is 0. The lowest BCUT2D eigenvalue weighted by atomic mass is 9.85. The number of benzene rings is 7. The Hall–Kier alpha value is -7.23. The van der Waals surface area contributed by atoms with E-state index in [2.05, 4.69) is 49.0 Å². The van der Waals surface area contributed by atoms with Crippen LogP contribution >= 0.6 is 0 Å². The van der Waals surface area contributed by atoms with Crippen LogP contribution in [0.2, 0.25) is 0 Å². The predicted octanol–water partition coefficient (Wildman–Crippen LogP) is 12.9. The minimum absolute atomic E-state index is 0.347. The molecule has 0 N–H and O–H groups in total. The first-order valence-electron chi connectivity index (χ1n) is 18.1. The molecular weight excluding hydrogens is 680 g/mol. The van der Waals surface area contributed by atoms with Gasteiger partial charge in [0, 0.05) is 27.8 Å². The van der Waals surface area contributed by atoms with E-state index in [0.29, 0.717) is 34.3 Å². The molecule has 0 saturated heterocycles. The van der Waals surface area contributed by atoms with E-state index in [9.17, 15) is 0 Å². The van der Waals surface area contributed by atoms with Crippen molar-refractivity contribution in [3.05, 3.63) is 187 Å². The van der Waals surface area contributed by atoms with Crippen LogP contribution in [-0.4, -0.2) is 15.0 Å². The monoisotopic (exact) mass is 712 g/mol. The molecule has 0 radical (unpaired) electrons. The molecule has 0 unspecified atom stereocenters. The van der Waals surface area contributed by atoms with E-state index in [1.807, 2.05) is 121 Å². The van der Waals surface area contributed by atoms with Gasteiger partial charge in [-0.1, -0.05) is 133 Å². The third-order valence-corrected chi connectivity index (χ3v) is 10.0. The zero-order valence-electron chi connectivity index (χ0n) is 30.2. The predicted molar refractivity (Wildman–Crippen MR) is 218 cm³/mol. The second-order valence-electron chi connectivity index (χ2n) is 14.1. The molecule has 7 aromatic carbocycles. The molecule has 1 aliphatic rings. The van der Waals surface area contributed by atoms with Gasteiger partial charge in [-0.3, -0.25) is 0 Å². The largest absolute Gasteiger partial charge is 0.482 e. The van der Waals surface area contributed by atoms with E-state index in [1.165, 1.54) is 12.1 Å². The molecule has 55 heavy (non-hydrogen) atoms. The summed E-state index contributed by atoms with van der Waals surface area (Å²) in [6.07, 6.45) is 0. The number of rotatable bonds is 6.